The molecule has 2 amide bonds. The molecule has 1 aliphatic rings. The first-order chi connectivity index (χ1) is 15.2. The third kappa shape index (κ3) is 6.88. The second-order valence-corrected chi connectivity index (χ2v) is 9.74. The summed E-state index contributed by atoms with van der Waals surface area (Å²) in [7, 11) is 0. The van der Waals surface area contributed by atoms with Gasteiger partial charge in [-0.1, -0.05) is 35.3 Å². The molecule has 0 bridgehead atoms. The normalized spacial score (nSPS) is 18.6. The van der Waals surface area contributed by atoms with Gasteiger partial charge < -0.3 is 15.4 Å². The highest BCUT2D eigenvalue weighted by Crippen LogP contribution is 2.27. The Morgan fingerprint density at radius 2 is 1.50 bits per heavy atom. The molecule has 3 rings (SSSR count). The minimum atomic E-state index is -0.625. The van der Waals surface area contributed by atoms with E-state index in [1.54, 1.807) is 24.3 Å². The molecule has 0 heterocycles. The highest BCUT2D eigenvalue weighted by atomic mass is 35.5. The lowest BCUT2D eigenvalue weighted by atomic mass is 9.82. The Hall–Kier alpha value is -2.24. The summed E-state index contributed by atoms with van der Waals surface area (Å²) >= 11 is 11.8. The summed E-state index contributed by atoms with van der Waals surface area (Å²) in [6.45, 7) is 4.47. The van der Waals surface area contributed by atoms with Crippen LogP contribution in [0.1, 0.15) is 45.1 Å². The van der Waals surface area contributed by atoms with Crippen LogP contribution < -0.4 is 15.4 Å². The van der Waals surface area contributed by atoms with Gasteiger partial charge in [-0.25, -0.2) is 0 Å². The van der Waals surface area contributed by atoms with Gasteiger partial charge in [-0.2, -0.15) is 0 Å². The molecule has 0 aliphatic heterocycles. The minimum absolute atomic E-state index is 0.00889. The van der Waals surface area contributed by atoms with Crippen LogP contribution in [0.2, 0.25) is 10.0 Å². The fourth-order valence-electron chi connectivity index (χ4n) is 3.92. The minimum Gasteiger partial charge on any atom is -0.484 e. The van der Waals surface area contributed by atoms with Gasteiger partial charge in [0.05, 0.1) is 5.41 Å². The lowest BCUT2D eigenvalue weighted by Crippen LogP contribution is -2.44. The molecule has 7 heteroatoms. The quantitative estimate of drug-likeness (QED) is 0.553. The number of ether oxygens (including phenoxy) is 1. The maximum Gasteiger partial charge on any atom is 0.258 e. The van der Waals surface area contributed by atoms with E-state index in [2.05, 4.69) is 10.6 Å². The highest BCUT2D eigenvalue weighted by molar-refractivity contribution is 6.30. The van der Waals surface area contributed by atoms with Crippen LogP contribution in [0.5, 0.6) is 5.75 Å². The second-order valence-electron chi connectivity index (χ2n) is 8.87. The first-order valence-corrected chi connectivity index (χ1v) is 11.7. The number of benzene rings is 2. The number of hydrogen-bond donors (Lipinski definition) is 2. The summed E-state index contributed by atoms with van der Waals surface area (Å²) in [5.41, 5.74) is 0.312. The Kier molecular flexibility index (Phi) is 8.44. The van der Waals surface area contributed by atoms with Crippen LogP contribution in [0.3, 0.4) is 0 Å². The summed E-state index contributed by atoms with van der Waals surface area (Å²) in [5.74, 6) is 0.917. The van der Waals surface area contributed by atoms with E-state index in [0.29, 0.717) is 28.3 Å². The summed E-state index contributed by atoms with van der Waals surface area (Å²) in [5, 5.41) is 7.45. The molecule has 0 spiro atoms. The zero-order valence-corrected chi connectivity index (χ0v) is 20.0. The molecule has 2 aromatic carbocycles. The average molecular weight is 477 g/mol. The van der Waals surface area contributed by atoms with Crippen molar-refractivity contribution in [2.75, 3.05) is 13.2 Å². The van der Waals surface area contributed by atoms with Crippen LogP contribution in [0, 0.1) is 5.92 Å². The van der Waals surface area contributed by atoms with Crippen molar-refractivity contribution in [2.45, 2.75) is 51.0 Å². The van der Waals surface area contributed by atoms with Crippen LogP contribution >= 0.6 is 23.2 Å². The number of halogens is 2. The molecule has 0 saturated heterocycles. The second kappa shape index (κ2) is 11.1. The van der Waals surface area contributed by atoms with Crippen molar-refractivity contribution in [1.29, 1.82) is 0 Å². The molecule has 5 nitrogen and oxygen atoms in total. The van der Waals surface area contributed by atoms with E-state index in [4.69, 9.17) is 27.9 Å². The lowest BCUT2D eigenvalue weighted by molar-refractivity contribution is -0.126. The molecule has 2 N–H and O–H groups in total. The smallest absolute Gasteiger partial charge is 0.258 e. The topological polar surface area (TPSA) is 67.4 Å². The molecule has 2 aromatic rings. The first kappa shape index (κ1) is 24.4. The Labute approximate surface area is 199 Å². The summed E-state index contributed by atoms with van der Waals surface area (Å²) in [4.78, 5) is 25.0. The van der Waals surface area contributed by atoms with Gasteiger partial charge >= 0.3 is 0 Å². The fraction of sp³-hybridized carbons (Fsp3) is 0.440. The Morgan fingerprint density at radius 3 is 2.09 bits per heavy atom. The molecule has 0 atom stereocenters. The van der Waals surface area contributed by atoms with Crippen LogP contribution in [0.4, 0.5) is 0 Å². The van der Waals surface area contributed by atoms with Gasteiger partial charge in [0.1, 0.15) is 5.75 Å². The predicted octanol–water partition coefficient (Wildman–Crippen LogP) is 5.14. The molecule has 172 valence electrons. The van der Waals surface area contributed by atoms with Gasteiger partial charge in [0.15, 0.2) is 6.61 Å². The van der Waals surface area contributed by atoms with Crippen molar-refractivity contribution in [3.8, 4) is 5.75 Å². The Balaban J connectivity index is 1.37. The number of hydrogen-bond acceptors (Lipinski definition) is 3. The van der Waals surface area contributed by atoms with E-state index in [1.165, 1.54) is 0 Å². The molecular weight excluding hydrogens is 447 g/mol. The SMILES string of the molecule is CC(C)(C(=O)NCC1CCC(NC(=O)COc2ccc(Cl)cc2)CC1)c1ccc(Cl)cc1. The first-order valence-electron chi connectivity index (χ1n) is 11.0. The van der Waals surface area contributed by atoms with Gasteiger partial charge in [-0.05, 0) is 87.4 Å². The van der Waals surface area contributed by atoms with Crippen molar-refractivity contribution in [3.63, 3.8) is 0 Å². The third-order valence-electron chi connectivity index (χ3n) is 6.08. The molecule has 1 fully saturated rings. The number of rotatable bonds is 8. The molecule has 0 radical (unpaired) electrons. The van der Waals surface area contributed by atoms with Gasteiger partial charge in [0, 0.05) is 22.6 Å². The standard InChI is InChI=1S/C25H30Cl2N2O3/c1-25(2,18-5-7-19(26)8-6-18)24(31)28-15-17-3-11-21(12-4-17)29-23(30)16-32-22-13-9-20(27)10-14-22/h5-10,13-14,17,21H,3-4,11-12,15-16H2,1-2H3,(H,28,31)(H,29,30). The van der Waals surface area contributed by atoms with E-state index in [9.17, 15) is 9.59 Å². The predicted molar refractivity (Wildman–Crippen MR) is 128 cm³/mol. The maximum atomic E-state index is 12.8. The van der Waals surface area contributed by atoms with Crippen molar-refractivity contribution in [2.24, 2.45) is 5.92 Å². The van der Waals surface area contributed by atoms with Crippen LogP contribution in [0.15, 0.2) is 48.5 Å². The summed E-state index contributed by atoms with van der Waals surface area (Å²) in [6.07, 6.45) is 3.72. The number of nitrogens with one attached hydrogen (secondary N) is 2. The zero-order chi connectivity index (χ0) is 23.1. The van der Waals surface area contributed by atoms with Gasteiger partial charge in [-0.3, -0.25) is 9.59 Å². The Morgan fingerprint density at radius 1 is 0.938 bits per heavy atom. The highest BCUT2D eigenvalue weighted by Gasteiger charge is 2.30. The molecule has 1 aliphatic carbocycles. The molecule has 0 aromatic heterocycles. The zero-order valence-electron chi connectivity index (χ0n) is 18.5. The van der Waals surface area contributed by atoms with Crippen LogP contribution in [-0.2, 0) is 15.0 Å². The largest absolute Gasteiger partial charge is 0.484 e. The van der Waals surface area contributed by atoms with Gasteiger partial charge in [0.2, 0.25) is 5.91 Å². The van der Waals surface area contributed by atoms with E-state index >= 15 is 0 Å². The van der Waals surface area contributed by atoms with Crippen molar-refractivity contribution in [3.05, 3.63) is 64.1 Å². The van der Waals surface area contributed by atoms with Crippen molar-refractivity contribution in [1.82, 2.24) is 10.6 Å². The number of carbonyl (C=O) groups excluding carboxylic acids is 2. The maximum absolute atomic E-state index is 12.8. The van der Waals surface area contributed by atoms with Crippen LogP contribution in [-0.4, -0.2) is 31.0 Å². The Bertz CT molecular complexity index is 906. The monoisotopic (exact) mass is 476 g/mol. The lowest BCUT2D eigenvalue weighted by Gasteiger charge is -2.31. The number of amides is 2. The third-order valence-corrected chi connectivity index (χ3v) is 6.58. The van der Waals surface area contributed by atoms with Crippen molar-refractivity contribution < 1.29 is 14.3 Å². The van der Waals surface area contributed by atoms with E-state index in [1.807, 2.05) is 38.1 Å². The van der Waals surface area contributed by atoms with E-state index in [0.717, 1.165) is 31.2 Å². The average Bonchev–Trinajstić information content (AvgIpc) is 2.78. The van der Waals surface area contributed by atoms with Gasteiger partial charge in [-0.15, -0.1) is 0 Å². The molecule has 0 unspecified atom stereocenters. The summed E-state index contributed by atoms with van der Waals surface area (Å²) in [6, 6.07) is 14.5. The van der Waals surface area contributed by atoms with Crippen molar-refractivity contribution >= 4 is 35.0 Å². The number of carbonyl (C=O) groups is 2. The van der Waals surface area contributed by atoms with E-state index < -0.39 is 5.41 Å². The molecule has 32 heavy (non-hydrogen) atoms. The fourth-order valence-corrected chi connectivity index (χ4v) is 4.17. The summed E-state index contributed by atoms with van der Waals surface area (Å²) < 4.78 is 5.50. The van der Waals surface area contributed by atoms with Gasteiger partial charge in [0.25, 0.3) is 5.91 Å². The van der Waals surface area contributed by atoms with E-state index in [-0.39, 0.29) is 24.5 Å². The molecule has 1 saturated carbocycles. The molecular formula is C25H30Cl2N2O3. The van der Waals surface area contributed by atoms with Crippen LogP contribution in [0.25, 0.3) is 0 Å².